The van der Waals surface area contributed by atoms with Crippen molar-refractivity contribution in [3.05, 3.63) is 47.8 Å². The lowest BCUT2D eigenvalue weighted by molar-refractivity contribution is 0.174. The van der Waals surface area contributed by atoms with Gasteiger partial charge in [0.15, 0.2) is 11.5 Å². The predicted molar refractivity (Wildman–Crippen MR) is 82.9 cm³/mol. The number of benzene rings is 1. The van der Waals surface area contributed by atoms with Crippen LogP contribution in [-0.2, 0) is 13.0 Å². The molecule has 0 radical (unpaired) electrons. The van der Waals surface area contributed by atoms with Gasteiger partial charge in [0.1, 0.15) is 12.2 Å². The summed E-state index contributed by atoms with van der Waals surface area (Å²) in [4.78, 5) is 4.38. The van der Waals surface area contributed by atoms with Crippen molar-refractivity contribution in [2.24, 2.45) is 0 Å². The number of nitrogens with zero attached hydrogens (tertiary/aromatic N) is 5. The molecule has 7 nitrogen and oxygen atoms in total. The Labute approximate surface area is 133 Å². The Kier molecular flexibility index (Phi) is 3.25. The van der Waals surface area contributed by atoms with Crippen molar-refractivity contribution in [2.45, 2.75) is 26.8 Å². The van der Waals surface area contributed by atoms with E-state index in [1.54, 1.807) is 6.33 Å². The lowest BCUT2D eigenvalue weighted by Crippen LogP contribution is -2.10. The van der Waals surface area contributed by atoms with E-state index in [2.05, 4.69) is 28.2 Å². The topological polar surface area (TPSA) is 67.0 Å². The number of hydrogen-bond acceptors (Lipinski definition) is 5. The molecule has 1 aliphatic heterocycles. The zero-order valence-corrected chi connectivity index (χ0v) is 13.1. The molecule has 3 aromatic rings. The van der Waals surface area contributed by atoms with Crippen LogP contribution in [0.3, 0.4) is 0 Å². The first kappa shape index (κ1) is 13.8. The molecule has 0 N–H and O–H groups in total. The zero-order chi connectivity index (χ0) is 15.8. The number of fused-ring (bicyclic) bond motifs is 1. The Bertz CT molecular complexity index is 852. The zero-order valence-electron chi connectivity index (χ0n) is 13.1. The van der Waals surface area contributed by atoms with Gasteiger partial charge in [0.25, 0.3) is 0 Å². The predicted octanol–water partition coefficient (Wildman–Crippen LogP) is 2.05. The molecule has 2 aromatic heterocycles. The smallest absolute Gasteiger partial charge is 0.231 e. The summed E-state index contributed by atoms with van der Waals surface area (Å²) in [6.07, 6.45) is 2.32. The van der Waals surface area contributed by atoms with E-state index in [4.69, 9.17) is 9.47 Å². The molecule has 0 fully saturated rings. The summed E-state index contributed by atoms with van der Waals surface area (Å²) in [5.41, 5.74) is 3.09. The molecule has 0 unspecified atom stereocenters. The molecule has 0 saturated carbocycles. The third-order valence-corrected chi connectivity index (χ3v) is 3.87. The van der Waals surface area contributed by atoms with Crippen molar-refractivity contribution >= 4 is 0 Å². The van der Waals surface area contributed by atoms with Crippen molar-refractivity contribution in [1.29, 1.82) is 0 Å². The molecule has 1 aliphatic rings. The van der Waals surface area contributed by atoms with Gasteiger partial charge < -0.3 is 9.47 Å². The first-order chi connectivity index (χ1) is 11.2. The van der Waals surface area contributed by atoms with Crippen LogP contribution in [0.4, 0.5) is 0 Å². The number of rotatable bonds is 4. The minimum absolute atomic E-state index is 0.265. The standard InChI is InChI=1S/C16H17N5O2/c1-11-7-12(2)20(19-11)6-5-16-17-9-18-21(16)13-3-4-14-15(8-13)23-10-22-14/h3-4,7-9H,5-6,10H2,1-2H3. The van der Waals surface area contributed by atoms with Gasteiger partial charge in [-0.05, 0) is 32.0 Å². The number of aromatic nitrogens is 5. The average molecular weight is 311 g/mol. The first-order valence-electron chi connectivity index (χ1n) is 7.51. The summed E-state index contributed by atoms with van der Waals surface area (Å²) in [5.74, 6) is 2.39. The second-order valence-electron chi connectivity index (χ2n) is 5.53. The minimum Gasteiger partial charge on any atom is -0.454 e. The van der Waals surface area contributed by atoms with Gasteiger partial charge in [-0.2, -0.15) is 10.2 Å². The fraction of sp³-hybridized carbons (Fsp3) is 0.312. The molecule has 4 rings (SSSR count). The molecule has 0 saturated heterocycles. The highest BCUT2D eigenvalue weighted by Gasteiger charge is 2.16. The molecular weight excluding hydrogens is 294 g/mol. The molecule has 23 heavy (non-hydrogen) atoms. The largest absolute Gasteiger partial charge is 0.454 e. The SMILES string of the molecule is Cc1cc(C)n(CCc2ncnn2-c2ccc3c(c2)OCO3)n1. The molecular formula is C16H17N5O2. The van der Waals surface area contributed by atoms with Gasteiger partial charge in [0.05, 0.1) is 11.4 Å². The van der Waals surface area contributed by atoms with Crippen LogP contribution in [0.15, 0.2) is 30.6 Å². The highest BCUT2D eigenvalue weighted by molar-refractivity contribution is 5.49. The second kappa shape index (κ2) is 5.42. The fourth-order valence-corrected chi connectivity index (χ4v) is 2.78. The normalized spacial score (nSPS) is 12.8. The van der Waals surface area contributed by atoms with Crippen LogP contribution in [-0.4, -0.2) is 31.3 Å². The molecule has 0 amide bonds. The summed E-state index contributed by atoms with van der Waals surface area (Å²) in [6.45, 7) is 5.09. The van der Waals surface area contributed by atoms with Crippen molar-refractivity contribution < 1.29 is 9.47 Å². The van der Waals surface area contributed by atoms with Crippen LogP contribution in [0, 0.1) is 13.8 Å². The Morgan fingerprint density at radius 3 is 2.83 bits per heavy atom. The van der Waals surface area contributed by atoms with E-state index in [0.29, 0.717) is 0 Å². The first-order valence-corrected chi connectivity index (χ1v) is 7.51. The lowest BCUT2D eigenvalue weighted by Gasteiger charge is -2.08. The Morgan fingerprint density at radius 2 is 2.00 bits per heavy atom. The fourth-order valence-electron chi connectivity index (χ4n) is 2.78. The van der Waals surface area contributed by atoms with Gasteiger partial charge in [0.2, 0.25) is 6.79 Å². The number of ether oxygens (including phenoxy) is 2. The molecule has 7 heteroatoms. The van der Waals surface area contributed by atoms with E-state index < -0.39 is 0 Å². The second-order valence-corrected chi connectivity index (χ2v) is 5.53. The van der Waals surface area contributed by atoms with Gasteiger partial charge in [-0.25, -0.2) is 9.67 Å². The average Bonchev–Trinajstić information content (AvgIpc) is 3.24. The summed E-state index contributed by atoms with van der Waals surface area (Å²) >= 11 is 0. The molecule has 0 atom stereocenters. The van der Waals surface area contributed by atoms with E-state index >= 15 is 0 Å². The van der Waals surface area contributed by atoms with E-state index in [-0.39, 0.29) is 6.79 Å². The van der Waals surface area contributed by atoms with Crippen molar-refractivity contribution in [3.63, 3.8) is 0 Å². The van der Waals surface area contributed by atoms with Crippen LogP contribution < -0.4 is 9.47 Å². The maximum atomic E-state index is 5.43. The molecule has 3 heterocycles. The molecule has 0 aliphatic carbocycles. The summed E-state index contributed by atoms with van der Waals surface area (Å²) in [6, 6.07) is 7.84. The van der Waals surface area contributed by atoms with Crippen molar-refractivity contribution in [1.82, 2.24) is 24.5 Å². The molecule has 118 valence electrons. The van der Waals surface area contributed by atoms with E-state index in [9.17, 15) is 0 Å². The monoisotopic (exact) mass is 311 g/mol. The Hall–Kier alpha value is -2.83. The Morgan fingerprint density at radius 1 is 1.13 bits per heavy atom. The highest BCUT2D eigenvalue weighted by Crippen LogP contribution is 2.33. The number of hydrogen-bond donors (Lipinski definition) is 0. The molecule has 0 spiro atoms. The molecule has 1 aromatic carbocycles. The minimum atomic E-state index is 0.265. The summed E-state index contributed by atoms with van der Waals surface area (Å²) < 4.78 is 14.6. The van der Waals surface area contributed by atoms with Crippen LogP contribution in [0.5, 0.6) is 11.5 Å². The molecule has 0 bridgehead atoms. The highest BCUT2D eigenvalue weighted by atomic mass is 16.7. The van der Waals surface area contributed by atoms with Crippen LogP contribution >= 0.6 is 0 Å². The lowest BCUT2D eigenvalue weighted by atomic mass is 10.2. The number of aryl methyl sites for hydroxylation is 4. The summed E-state index contributed by atoms with van der Waals surface area (Å²) in [7, 11) is 0. The van der Waals surface area contributed by atoms with Crippen LogP contribution in [0.25, 0.3) is 5.69 Å². The maximum absolute atomic E-state index is 5.43. The third-order valence-electron chi connectivity index (χ3n) is 3.87. The van der Waals surface area contributed by atoms with Gasteiger partial charge in [-0.1, -0.05) is 0 Å². The van der Waals surface area contributed by atoms with E-state index in [0.717, 1.165) is 47.4 Å². The quantitative estimate of drug-likeness (QED) is 0.738. The van der Waals surface area contributed by atoms with Gasteiger partial charge >= 0.3 is 0 Å². The third kappa shape index (κ3) is 2.54. The Balaban J connectivity index is 1.57. The van der Waals surface area contributed by atoms with Crippen LogP contribution in [0.1, 0.15) is 17.2 Å². The van der Waals surface area contributed by atoms with Gasteiger partial charge in [-0.15, -0.1) is 0 Å². The van der Waals surface area contributed by atoms with E-state index in [1.165, 1.54) is 0 Å². The van der Waals surface area contributed by atoms with Crippen molar-refractivity contribution in [2.75, 3.05) is 6.79 Å². The van der Waals surface area contributed by atoms with E-state index in [1.807, 2.05) is 34.5 Å². The maximum Gasteiger partial charge on any atom is 0.231 e. The van der Waals surface area contributed by atoms with Crippen LogP contribution in [0.2, 0.25) is 0 Å². The van der Waals surface area contributed by atoms with Gasteiger partial charge in [-0.3, -0.25) is 4.68 Å². The summed E-state index contributed by atoms with van der Waals surface area (Å²) in [5, 5.41) is 8.81. The van der Waals surface area contributed by atoms with Crippen molar-refractivity contribution in [3.8, 4) is 17.2 Å². The van der Waals surface area contributed by atoms with Gasteiger partial charge in [0, 0.05) is 24.7 Å².